The third kappa shape index (κ3) is 2.69. The van der Waals surface area contributed by atoms with Crippen molar-refractivity contribution in [3.8, 4) is 11.5 Å². The van der Waals surface area contributed by atoms with Crippen LogP contribution in [0.15, 0.2) is 40.9 Å². The summed E-state index contributed by atoms with van der Waals surface area (Å²) in [5.41, 5.74) is -0.311. The third-order valence-corrected chi connectivity index (χ3v) is 5.91. The summed E-state index contributed by atoms with van der Waals surface area (Å²) < 4.78 is 21.8. The van der Waals surface area contributed by atoms with Crippen molar-refractivity contribution in [2.24, 2.45) is 11.8 Å². The lowest BCUT2D eigenvalue weighted by Gasteiger charge is -2.23. The van der Waals surface area contributed by atoms with Crippen LogP contribution in [0.3, 0.4) is 0 Å². The molecule has 2 aromatic rings. The second kappa shape index (κ2) is 6.60. The number of anilines is 2. The molecule has 4 heterocycles. The number of nitrogens with one attached hydrogen (secondary N) is 1. The molecule has 2 bridgehead atoms. The van der Waals surface area contributed by atoms with Gasteiger partial charge in [-0.05, 0) is 6.92 Å². The summed E-state index contributed by atoms with van der Waals surface area (Å²) in [6, 6.07) is 6.80. The van der Waals surface area contributed by atoms with Gasteiger partial charge in [0.25, 0.3) is 0 Å². The second-order valence-corrected chi connectivity index (χ2v) is 7.71. The topological polar surface area (TPSA) is 103 Å². The van der Waals surface area contributed by atoms with Gasteiger partial charge in [0.05, 0.1) is 38.7 Å². The highest BCUT2D eigenvalue weighted by molar-refractivity contribution is 6.05. The Balaban J connectivity index is 1.42. The van der Waals surface area contributed by atoms with Gasteiger partial charge in [0.1, 0.15) is 22.9 Å². The number of amides is 2. The van der Waals surface area contributed by atoms with Gasteiger partial charge in [-0.25, -0.2) is 0 Å². The lowest BCUT2D eigenvalue weighted by molar-refractivity contribution is -0.128. The van der Waals surface area contributed by atoms with Crippen LogP contribution < -0.4 is 19.7 Å². The van der Waals surface area contributed by atoms with E-state index < -0.39 is 23.5 Å². The average Bonchev–Trinajstić information content (AvgIpc) is 3.48. The molecule has 0 saturated carbocycles. The van der Waals surface area contributed by atoms with Gasteiger partial charge in [0.2, 0.25) is 11.8 Å². The summed E-state index contributed by atoms with van der Waals surface area (Å²) in [5.74, 6) is 0.364. The number of hydrogen-bond acceptors (Lipinski definition) is 7. The zero-order valence-corrected chi connectivity index (χ0v) is 16.7. The monoisotopic (exact) mass is 411 g/mol. The minimum absolute atomic E-state index is 0.196. The molecule has 1 spiro atoms. The third-order valence-electron chi connectivity index (χ3n) is 5.91. The van der Waals surface area contributed by atoms with Gasteiger partial charge in [-0.15, -0.1) is 0 Å². The van der Waals surface area contributed by atoms with E-state index in [2.05, 4.69) is 10.5 Å². The Kier molecular flexibility index (Phi) is 4.11. The quantitative estimate of drug-likeness (QED) is 0.750. The van der Waals surface area contributed by atoms with Crippen LogP contribution in [-0.2, 0) is 14.3 Å². The number of aryl methyl sites for hydroxylation is 1. The summed E-state index contributed by atoms with van der Waals surface area (Å²) >= 11 is 0. The van der Waals surface area contributed by atoms with Crippen molar-refractivity contribution in [2.75, 3.05) is 31.0 Å². The fourth-order valence-electron chi connectivity index (χ4n) is 4.58. The number of nitrogens with zero attached hydrogens (tertiary/aromatic N) is 2. The van der Waals surface area contributed by atoms with Gasteiger partial charge in [-0.2, -0.15) is 0 Å². The standard InChI is InChI=1S/C21H21N3O6/c1-11-6-16(23-30-11)24-10-21-5-4-15(29-21)17(18(21)20(24)26)19(25)22-12-7-13(27-2)9-14(8-12)28-3/h4-9,15,17-18H,10H2,1-3H3,(H,22,25)/t15-,17-,18+,21-/m1/s1. The lowest BCUT2D eigenvalue weighted by Crippen LogP contribution is -2.41. The normalized spacial score (nSPS) is 28.7. The van der Waals surface area contributed by atoms with Gasteiger partial charge >= 0.3 is 0 Å². The zero-order chi connectivity index (χ0) is 21.0. The predicted octanol–water partition coefficient (Wildman–Crippen LogP) is 1.93. The van der Waals surface area contributed by atoms with Crippen LogP contribution in [0, 0.1) is 18.8 Å². The average molecular weight is 411 g/mol. The highest BCUT2D eigenvalue weighted by Crippen LogP contribution is 2.52. The summed E-state index contributed by atoms with van der Waals surface area (Å²) in [6.45, 7) is 2.06. The van der Waals surface area contributed by atoms with E-state index in [0.29, 0.717) is 35.3 Å². The molecule has 30 heavy (non-hydrogen) atoms. The Bertz CT molecular complexity index is 1040. The Hall–Kier alpha value is -3.33. The number of aromatic nitrogens is 1. The molecule has 2 amide bonds. The van der Waals surface area contributed by atoms with Crippen LogP contribution in [0.2, 0.25) is 0 Å². The van der Waals surface area contributed by atoms with Crippen molar-refractivity contribution in [3.63, 3.8) is 0 Å². The molecular weight excluding hydrogens is 390 g/mol. The Morgan fingerprint density at radius 3 is 2.60 bits per heavy atom. The number of methoxy groups -OCH3 is 2. The molecule has 9 heteroatoms. The minimum Gasteiger partial charge on any atom is -0.497 e. The molecule has 9 nitrogen and oxygen atoms in total. The van der Waals surface area contributed by atoms with Crippen LogP contribution in [0.25, 0.3) is 0 Å². The first-order chi connectivity index (χ1) is 14.4. The molecule has 2 saturated heterocycles. The number of rotatable bonds is 5. The largest absolute Gasteiger partial charge is 0.497 e. The number of benzene rings is 1. The number of hydrogen-bond donors (Lipinski definition) is 1. The van der Waals surface area contributed by atoms with Crippen molar-refractivity contribution in [1.29, 1.82) is 0 Å². The van der Waals surface area contributed by atoms with Gasteiger partial charge in [0, 0.05) is 30.0 Å². The van der Waals surface area contributed by atoms with Gasteiger partial charge < -0.3 is 24.1 Å². The Morgan fingerprint density at radius 1 is 1.23 bits per heavy atom. The molecule has 4 atom stereocenters. The van der Waals surface area contributed by atoms with Gasteiger partial charge in [-0.1, -0.05) is 17.3 Å². The van der Waals surface area contributed by atoms with Crippen LogP contribution in [0.1, 0.15) is 5.76 Å². The molecule has 3 aliphatic heterocycles. The summed E-state index contributed by atoms with van der Waals surface area (Å²) in [4.78, 5) is 28.0. The first-order valence-electron chi connectivity index (χ1n) is 9.60. The fourth-order valence-corrected chi connectivity index (χ4v) is 4.58. The molecule has 3 aliphatic rings. The molecule has 0 aliphatic carbocycles. The molecule has 0 unspecified atom stereocenters. The van der Waals surface area contributed by atoms with E-state index in [1.165, 1.54) is 19.1 Å². The fraction of sp³-hybridized carbons (Fsp3) is 0.381. The summed E-state index contributed by atoms with van der Waals surface area (Å²) in [7, 11) is 3.08. The highest BCUT2D eigenvalue weighted by Gasteiger charge is 2.67. The second-order valence-electron chi connectivity index (χ2n) is 7.71. The van der Waals surface area contributed by atoms with Gasteiger partial charge in [-0.3, -0.25) is 14.5 Å². The van der Waals surface area contributed by atoms with E-state index in [1.807, 2.05) is 12.2 Å². The van der Waals surface area contributed by atoms with E-state index in [1.54, 1.807) is 31.2 Å². The zero-order valence-electron chi connectivity index (χ0n) is 16.7. The highest BCUT2D eigenvalue weighted by atomic mass is 16.5. The number of carbonyl (C=O) groups excluding carboxylic acids is 2. The van der Waals surface area contributed by atoms with Crippen molar-refractivity contribution in [2.45, 2.75) is 18.6 Å². The van der Waals surface area contributed by atoms with E-state index in [9.17, 15) is 9.59 Å². The van der Waals surface area contributed by atoms with Crippen LogP contribution in [0.4, 0.5) is 11.5 Å². The molecule has 1 aromatic carbocycles. The number of fused-ring (bicyclic) bond motifs is 1. The smallest absolute Gasteiger partial charge is 0.235 e. The van der Waals surface area contributed by atoms with E-state index in [0.717, 1.165) is 0 Å². The van der Waals surface area contributed by atoms with E-state index >= 15 is 0 Å². The van der Waals surface area contributed by atoms with Crippen molar-refractivity contribution in [3.05, 3.63) is 42.2 Å². The minimum atomic E-state index is -0.831. The van der Waals surface area contributed by atoms with E-state index in [4.69, 9.17) is 18.7 Å². The van der Waals surface area contributed by atoms with Crippen molar-refractivity contribution < 1.29 is 28.3 Å². The van der Waals surface area contributed by atoms with Gasteiger partial charge in [0.15, 0.2) is 5.82 Å². The Labute approximate surface area is 172 Å². The SMILES string of the molecule is COc1cc(NC(=O)[C@H]2[C@H]3C(=O)N(c4cc(C)on4)C[C@]34C=C[C@H]2O4)cc(OC)c1. The molecule has 1 aromatic heterocycles. The predicted molar refractivity (Wildman–Crippen MR) is 105 cm³/mol. The number of ether oxygens (including phenoxy) is 3. The molecular formula is C21H21N3O6. The molecule has 156 valence electrons. The molecule has 2 fully saturated rings. The maximum atomic E-state index is 13.3. The first kappa shape index (κ1) is 18.7. The van der Waals surface area contributed by atoms with Crippen LogP contribution in [-0.4, -0.2) is 49.4 Å². The Morgan fingerprint density at radius 2 is 1.97 bits per heavy atom. The molecule has 0 radical (unpaired) electrons. The summed E-state index contributed by atoms with van der Waals surface area (Å²) in [6.07, 6.45) is 3.30. The van der Waals surface area contributed by atoms with Crippen LogP contribution >= 0.6 is 0 Å². The van der Waals surface area contributed by atoms with Crippen molar-refractivity contribution >= 4 is 23.3 Å². The summed E-state index contributed by atoms with van der Waals surface area (Å²) in [5, 5.41) is 6.84. The number of carbonyl (C=O) groups is 2. The molecule has 1 N–H and O–H groups in total. The molecule has 5 rings (SSSR count). The van der Waals surface area contributed by atoms with Crippen molar-refractivity contribution in [1.82, 2.24) is 5.16 Å². The lowest BCUT2D eigenvalue weighted by atomic mass is 9.77. The first-order valence-corrected chi connectivity index (χ1v) is 9.60. The van der Waals surface area contributed by atoms with Crippen LogP contribution in [0.5, 0.6) is 11.5 Å². The maximum Gasteiger partial charge on any atom is 0.235 e. The van der Waals surface area contributed by atoms with E-state index in [-0.39, 0.29) is 11.8 Å². The maximum absolute atomic E-state index is 13.3.